The van der Waals surface area contributed by atoms with Crippen molar-refractivity contribution in [1.82, 2.24) is 20.6 Å². The summed E-state index contributed by atoms with van der Waals surface area (Å²) in [6.07, 6.45) is 10.3. The van der Waals surface area contributed by atoms with Crippen LogP contribution in [0.25, 0.3) is 10.9 Å². The number of rotatable bonds is 8. The average Bonchev–Trinajstić information content (AvgIpc) is 3.21. The minimum atomic E-state index is -0.681. The number of para-hydroxylation sites is 1. The molecule has 1 fully saturated rings. The first kappa shape index (κ1) is 21.6. The zero-order valence-corrected chi connectivity index (χ0v) is 18.7. The van der Waals surface area contributed by atoms with Crippen LogP contribution in [0.5, 0.6) is 0 Å². The maximum Gasteiger partial charge on any atom is 0.240 e. The molecule has 3 aromatic rings. The number of carbonyl (C=O) groups excluding carboxylic acids is 1. The van der Waals surface area contributed by atoms with Gasteiger partial charge in [0.15, 0.2) is 0 Å². The van der Waals surface area contributed by atoms with Gasteiger partial charge in [-0.3, -0.25) is 9.78 Å². The van der Waals surface area contributed by atoms with Gasteiger partial charge in [-0.15, -0.1) is 0 Å². The Balaban J connectivity index is 1.53. The van der Waals surface area contributed by atoms with Crippen molar-refractivity contribution in [2.75, 3.05) is 13.1 Å². The van der Waals surface area contributed by atoms with Gasteiger partial charge in [0, 0.05) is 47.4 Å². The summed E-state index contributed by atoms with van der Waals surface area (Å²) >= 11 is 0. The number of fused-ring (bicyclic) bond motifs is 1. The quantitative estimate of drug-likeness (QED) is 0.505. The van der Waals surface area contributed by atoms with Crippen molar-refractivity contribution in [3.8, 4) is 0 Å². The van der Waals surface area contributed by atoms with Gasteiger partial charge in [-0.2, -0.15) is 0 Å². The summed E-state index contributed by atoms with van der Waals surface area (Å²) in [6, 6.07) is 14.4. The number of likely N-dealkylation sites (N-methyl/N-ethyl adjacent to an activating group) is 1. The molecule has 2 aromatic heterocycles. The second kappa shape index (κ2) is 9.23. The van der Waals surface area contributed by atoms with Gasteiger partial charge in [0.25, 0.3) is 0 Å². The Morgan fingerprint density at radius 3 is 2.65 bits per heavy atom. The Kier molecular flexibility index (Phi) is 6.42. The standard InChI is InChI=1S/C26H34N4O/c1-3-30-25(2,17-20-18-28-22-12-6-5-11-21(20)22)24(31)29-19-26(14-8-4-9-15-26)23-13-7-10-16-27-23/h5-7,10-13,16,18,28,30H,3-4,8-9,14-15,17,19H2,1-2H3,(H,29,31)/t25-/m0/s1. The summed E-state index contributed by atoms with van der Waals surface area (Å²) in [4.78, 5) is 21.5. The van der Waals surface area contributed by atoms with Crippen LogP contribution < -0.4 is 10.6 Å². The molecule has 1 atom stereocenters. The minimum absolute atomic E-state index is 0.0560. The maximum atomic E-state index is 13.5. The summed E-state index contributed by atoms with van der Waals surface area (Å²) in [5, 5.41) is 7.96. The molecular formula is C26H34N4O. The number of carbonyl (C=O) groups is 1. The van der Waals surface area contributed by atoms with Crippen LogP contribution in [0.2, 0.25) is 0 Å². The number of H-pyrrole nitrogens is 1. The summed E-state index contributed by atoms with van der Waals surface area (Å²) in [6.45, 7) is 5.44. The number of aromatic amines is 1. The molecule has 164 valence electrons. The summed E-state index contributed by atoms with van der Waals surface area (Å²) < 4.78 is 0. The van der Waals surface area contributed by atoms with Gasteiger partial charge in [-0.05, 0) is 50.1 Å². The third kappa shape index (κ3) is 4.52. The lowest BCUT2D eigenvalue weighted by Gasteiger charge is -2.38. The molecule has 0 aliphatic heterocycles. The normalized spacial score (nSPS) is 17.9. The molecule has 0 bridgehead atoms. The Labute approximate surface area is 185 Å². The fourth-order valence-corrected chi connectivity index (χ4v) is 5.15. The molecule has 2 heterocycles. The number of hydrogen-bond donors (Lipinski definition) is 3. The molecule has 0 radical (unpaired) electrons. The number of benzene rings is 1. The Morgan fingerprint density at radius 1 is 1.13 bits per heavy atom. The lowest BCUT2D eigenvalue weighted by atomic mass is 9.71. The van der Waals surface area contributed by atoms with Crippen molar-refractivity contribution in [2.24, 2.45) is 0 Å². The van der Waals surface area contributed by atoms with Crippen LogP contribution in [-0.4, -0.2) is 34.5 Å². The predicted octanol–water partition coefficient (Wildman–Crippen LogP) is 4.49. The van der Waals surface area contributed by atoms with Gasteiger partial charge >= 0.3 is 0 Å². The summed E-state index contributed by atoms with van der Waals surface area (Å²) in [5.74, 6) is 0.0560. The van der Waals surface area contributed by atoms with Crippen molar-refractivity contribution >= 4 is 16.8 Å². The fourth-order valence-electron chi connectivity index (χ4n) is 5.15. The van der Waals surface area contributed by atoms with E-state index in [2.05, 4.69) is 51.8 Å². The minimum Gasteiger partial charge on any atom is -0.361 e. The SMILES string of the molecule is CCN[C@@](C)(Cc1c[nH]c2ccccc12)C(=O)NCC1(c2ccccn2)CCCCC1. The number of amides is 1. The monoisotopic (exact) mass is 418 g/mol. The molecule has 1 amide bonds. The van der Waals surface area contributed by atoms with Crippen LogP contribution in [0.1, 0.15) is 57.2 Å². The van der Waals surface area contributed by atoms with Crippen LogP contribution in [0.15, 0.2) is 54.9 Å². The van der Waals surface area contributed by atoms with Gasteiger partial charge in [0.1, 0.15) is 0 Å². The molecule has 31 heavy (non-hydrogen) atoms. The Bertz CT molecular complexity index is 1010. The van der Waals surface area contributed by atoms with Gasteiger partial charge < -0.3 is 15.6 Å². The molecule has 5 nitrogen and oxygen atoms in total. The number of nitrogens with one attached hydrogen (secondary N) is 3. The second-order valence-electron chi connectivity index (χ2n) is 9.14. The molecule has 4 rings (SSSR count). The molecule has 3 N–H and O–H groups in total. The first-order valence-electron chi connectivity index (χ1n) is 11.6. The van der Waals surface area contributed by atoms with Crippen molar-refractivity contribution < 1.29 is 4.79 Å². The highest BCUT2D eigenvalue weighted by Crippen LogP contribution is 2.38. The molecule has 1 aromatic carbocycles. The van der Waals surface area contributed by atoms with Crippen molar-refractivity contribution in [3.05, 3.63) is 66.1 Å². The number of nitrogens with zero attached hydrogens (tertiary/aromatic N) is 1. The topological polar surface area (TPSA) is 69.8 Å². The lowest BCUT2D eigenvalue weighted by Crippen LogP contribution is -2.58. The van der Waals surface area contributed by atoms with E-state index in [1.54, 1.807) is 0 Å². The fraction of sp³-hybridized carbons (Fsp3) is 0.462. The van der Waals surface area contributed by atoms with Crippen LogP contribution in [0.3, 0.4) is 0 Å². The molecule has 5 heteroatoms. The molecule has 0 unspecified atom stereocenters. The maximum absolute atomic E-state index is 13.5. The molecular weight excluding hydrogens is 384 g/mol. The van der Waals surface area contributed by atoms with Crippen molar-refractivity contribution in [2.45, 2.75) is 63.3 Å². The molecule has 0 spiro atoms. The van der Waals surface area contributed by atoms with E-state index in [1.165, 1.54) is 24.6 Å². The summed E-state index contributed by atoms with van der Waals surface area (Å²) in [5.41, 5.74) is 2.62. The second-order valence-corrected chi connectivity index (χ2v) is 9.14. The van der Waals surface area contributed by atoms with E-state index in [9.17, 15) is 4.79 Å². The highest BCUT2D eigenvalue weighted by atomic mass is 16.2. The number of pyridine rings is 1. The Hall–Kier alpha value is -2.66. The van der Waals surface area contributed by atoms with E-state index in [1.807, 2.05) is 37.5 Å². The highest BCUT2D eigenvalue weighted by Gasteiger charge is 2.38. The van der Waals surface area contributed by atoms with Crippen LogP contribution in [-0.2, 0) is 16.6 Å². The molecule has 1 saturated carbocycles. The van der Waals surface area contributed by atoms with Crippen molar-refractivity contribution in [3.63, 3.8) is 0 Å². The van der Waals surface area contributed by atoms with Gasteiger partial charge in [-0.25, -0.2) is 0 Å². The zero-order valence-electron chi connectivity index (χ0n) is 18.7. The molecule has 1 aliphatic carbocycles. The van der Waals surface area contributed by atoms with E-state index >= 15 is 0 Å². The highest BCUT2D eigenvalue weighted by molar-refractivity contribution is 5.88. The third-order valence-corrected chi connectivity index (χ3v) is 6.89. The third-order valence-electron chi connectivity index (χ3n) is 6.89. The van der Waals surface area contributed by atoms with Crippen LogP contribution in [0, 0.1) is 0 Å². The number of aromatic nitrogens is 2. The average molecular weight is 419 g/mol. The van der Waals surface area contributed by atoms with Gasteiger partial charge in [0.05, 0.1) is 5.54 Å². The van der Waals surface area contributed by atoms with Crippen molar-refractivity contribution in [1.29, 1.82) is 0 Å². The smallest absolute Gasteiger partial charge is 0.240 e. The van der Waals surface area contributed by atoms with Gasteiger partial charge in [0.2, 0.25) is 5.91 Å². The van der Waals surface area contributed by atoms with Gasteiger partial charge in [-0.1, -0.05) is 50.5 Å². The first-order chi connectivity index (χ1) is 15.1. The Morgan fingerprint density at radius 2 is 1.90 bits per heavy atom. The largest absolute Gasteiger partial charge is 0.361 e. The lowest BCUT2D eigenvalue weighted by molar-refractivity contribution is -0.127. The molecule has 1 aliphatic rings. The van der Waals surface area contributed by atoms with Crippen LogP contribution >= 0.6 is 0 Å². The van der Waals surface area contributed by atoms with E-state index in [4.69, 9.17) is 0 Å². The van der Waals surface area contributed by atoms with E-state index in [-0.39, 0.29) is 11.3 Å². The molecule has 0 saturated heterocycles. The van der Waals surface area contributed by atoms with E-state index in [0.29, 0.717) is 13.0 Å². The summed E-state index contributed by atoms with van der Waals surface area (Å²) in [7, 11) is 0. The predicted molar refractivity (Wildman–Crippen MR) is 126 cm³/mol. The van der Waals surface area contributed by atoms with E-state index in [0.717, 1.165) is 36.2 Å². The zero-order chi connectivity index (χ0) is 21.7. The number of hydrogen-bond acceptors (Lipinski definition) is 3. The van der Waals surface area contributed by atoms with E-state index < -0.39 is 5.54 Å². The van der Waals surface area contributed by atoms with Crippen LogP contribution in [0.4, 0.5) is 0 Å². The first-order valence-corrected chi connectivity index (χ1v) is 11.6.